The van der Waals surface area contributed by atoms with Gasteiger partial charge in [-0.2, -0.15) is 0 Å². The molecule has 1 heterocycles. The lowest BCUT2D eigenvalue weighted by atomic mass is 9.95. The van der Waals surface area contributed by atoms with Crippen LogP contribution in [0.3, 0.4) is 0 Å². The molecular weight excluding hydrogens is 326 g/mol. The zero-order valence-electron chi connectivity index (χ0n) is 13.5. The second-order valence-corrected chi connectivity index (χ2v) is 7.16. The summed E-state index contributed by atoms with van der Waals surface area (Å²) in [4.78, 5) is 4.88. The van der Waals surface area contributed by atoms with Crippen LogP contribution in [0.1, 0.15) is 25.3 Å². The van der Waals surface area contributed by atoms with E-state index in [-0.39, 0.29) is 0 Å². The number of halogens is 1. The van der Waals surface area contributed by atoms with Crippen LogP contribution in [0, 0.1) is 5.92 Å². The first-order valence-electron chi connectivity index (χ1n) is 7.99. The number of hydrogen-bond acceptors (Lipinski definition) is 3. The SMILES string of the molecule is CCNCc1cc(Br)ccc1N1CCC(CN(C)C)CC1. The minimum absolute atomic E-state index is 0.851. The van der Waals surface area contributed by atoms with E-state index >= 15 is 0 Å². The third kappa shape index (κ3) is 4.97. The van der Waals surface area contributed by atoms with Crippen molar-refractivity contribution in [3.05, 3.63) is 28.2 Å². The molecule has 1 N–H and O–H groups in total. The fourth-order valence-electron chi connectivity index (χ4n) is 3.14. The predicted octanol–water partition coefficient (Wildman–Crippen LogP) is 3.34. The Morgan fingerprint density at radius 2 is 2.00 bits per heavy atom. The Labute approximate surface area is 137 Å². The molecule has 4 heteroatoms. The van der Waals surface area contributed by atoms with Crippen LogP contribution in [-0.4, -0.2) is 45.2 Å². The summed E-state index contributed by atoms with van der Waals surface area (Å²) in [5, 5.41) is 3.45. The molecule has 0 spiro atoms. The van der Waals surface area contributed by atoms with Gasteiger partial charge >= 0.3 is 0 Å². The molecule has 21 heavy (non-hydrogen) atoms. The number of rotatable bonds is 6. The standard InChI is InChI=1S/C17H28BrN3/c1-4-19-12-15-11-16(18)5-6-17(15)21-9-7-14(8-10-21)13-20(2)3/h5-6,11,14,19H,4,7-10,12-13H2,1-3H3. The number of benzene rings is 1. The Bertz CT molecular complexity index is 440. The second kappa shape index (κ2) is 8.16. The van der Waals surface area contributed by atoms with Crippen molar-refractivity contribution in [3.63, 3.8) is 0 Å². The quantitative estimate of drug-likeness (QED) is 0.845. The fourth-order valence-corrected chi connectivity index (χ4v) is 3.55. The van der Waals surface area contributed by atoms with Crippen LogP contribution < -0.4 is 10.2 Å². The zero-order chi connectivity index (χ0) is 15.2. The van der Waals surface area contributed by atoms with Gasteiger partial charge in [0, 0.05) is 36.3 Å². The van der Waals surface area contributed by atoms with E-state index in [4.69, 9.17) is 0 Å². The van der Waals surface area contributed by atoms with E-state index in [2.05, 4.69) is 70.3 Å². The minimum atomic E-state index is 0.851. The van der Waals surface area contributed by atoms with Crippen molar-refractivity contribution in [2.75, 3.05) is 45.2 Å². The molecule has 0 unspecified atom stereocenters. The summed E-state index contributed by atoms with van der Waals surface area (Å²) >= 11 is 3.60. The van der Waals surface area contributed by atoms with Crippen LogP contribution in [-0.2, 0) is 6.54 Å². The van der Waals surface area contributed by atoms with Crippen molar-refractivity contribution in [1.82, 2.24) is 10.2 Å². The molecule has 0 atom stereocenters. The second-order valence-electron chi connectivity index (χ2n) is 6.25. The van der Waals surface area contributed by atoms with Crippen molar-refractivity contribution >= 4 is 21.6 Å². The molecule has 0 bridgehead atoms. The molecule has 1 saturated heterocycles. The summed E-state index contributed by atoms with van der Waals surface area (Å²) in [6, 6.07) is 6.68. The highest BCUT2D eigenvalue weighted by molar-refractivity contribution is 9.10. The van der Waals surface area contributed by atoms with Crippen LogP contribution in [0.15, 0.2) is 22.7 Å². The number of nitrogens with one attached hydrogen (secondary N) is 1. The molecule has 0 aromatic heterocycles. The number of nitrogens with zero attached hydrogens (tertiary/aromatic N) is 2. The highest BCUT2D eigenvalue weighted by Gasteiger charge is 2.21. The molecule has 1 aliphatic heterocycles. The van der Waals surface area contributed by atoms with Gasteiger partial charge in [0.2, 0.25) is 0 Å². The van der Waals surface area contributed by atoms with Gasteiger partial charge < -0.3 is 15.1 Å². The lowest BCUT2D eigenvalue weighted by Gasteiger charge is -2.36. The van der Waals surface area contributed by atoms with Gasteiger partial charge in [-0.25, -0.2) is 0 Å². The molecule has 1 aromatic carbocycles. The van der Waals surface area contributed by atoms with Crippen molar-refractivity contribution in [2.24, 2.45) is 5.92 Å². The van der Waals surface area contributed by atoms with E-state index in [9.17, 15) is 0 Å². The summed E-state index contributed by atoms with van der Waals surface area (Å²) in [5.74, 6) is 0.851. The maximum atomic E-state index is 3.60. The molecule has 0 amide bonds. The highest BCUT2D eigenvalue weighted by Crippen LogP contribution is 2.29. The van der Waals surface area contributed by atoms with Gasteiger partial charge in [0.25, 0.3) is 0 Å². The molecule has 2 rings (SSSR count). The number of anilines is 1. The van der Waals surface area contributed by atoms with Crippen LogP contribution in [0.2, 0.25) is 0 Å². The molecule has 1 aromatic rings. The first-order valence-corrected chi connectivity index (χ1v) is 8.78. The summed E-state index contributed by atoms with van der Waals surface area (Å²) in [6.45, 7) is 7.70. The maximum absolute atomic E-state index is 3.60. The average molecular weight is 354 g/mol. The largest absolute Gasteiger partial charge is 0.371 e. The Morgan fingerprint density at radius 3 is 2.62 bits per heavy atom. The highest BCUT2D eigenvalue weighted by atomic mass is 79.9. The van der Waals surface area contributed by atoms with Gasteiger partial charge in [-0.05, 0) is 63.2 Å². The Hall–Kier alpha value is -0.580. The van der Waals surface area contributed by atoms with Gasteiger partial charge in [0.1, 0.15) is 0 Å². The van der Waals surface area contributed by atoms with Crippen molar-refractivity contribution < 1.29 is 0 Å². The Balaban J connectivity index is 2.02. The molecule has 118 valence electrons. The monoisotopic (exact) mass is 353 g/mol. The first kappa shape index (κ1) is 16.8. The number of piperidine rings is 1. The van der Waals surface area contributed by atoms with E-state index in [1.807, 2.05) is 0 Å². The predicted molar refractivity (Wildman–Crippen MR) is 95.0 cm³/mol. The van der Waals surface area contributed by atoms with Crippen LogP contribution in [0.25, 0.3) is 0 Å². The van der Waals surface area contributed by atoms with E-state index < -0.39 is 0 Å². The molecule has 0 aliphatic carbocycles. The number of hydrogen-bond donors (Lipinski definition) is 1. The molecule has 1 aliphatic rings. The maximum Gasteiger partial charge on any atom is 0.0412 e. The summed E-state index contributed by atoms with van der Waals surface area (Å²) in [6.07, 6.45) is 2.60. The molecule has 0 radical (unpaired) electrons. The lowest BCUT2D eigenvalue weighted by Crippen LogP contribution is -2.37. The van der Waals surface area contributed by atoms with E-state index in [0.29, 0.717) is 0 Å². The van der Waals surface area contributed by atoms with Gasteiger partial charge in [-0.1, -0.05) is 22.9 Å². The smallest absolute Gasteiger partial charge is 0.0412 e. The van der Waals surface area contributed by atoms with E-state index in [1.165, 1.54) is 48.2 Å². The first-order chi connectivity index (χ1) is 10.1. The van der Waals surface area contributed by atoms with Crippen molar-refractivity contribution in [3.8, 4) is 0 Å². The summed E-state index contributed by atoms with van der Waals surface area (Å²) < 4.78 is 1.17. The van der Waals surface area contributed by atoms with Gasteiger partial charge in [-0.3, -0.25) is 0 Å². The van der Waals surface area contributed by atoms with Crippen LogP contribution in [0.5, 0.6) is 0 Å². The third-order valence-corrected chi connectivity index (χ3v) is 4.68. The van der Waals surface area contributed by atoms with Gasteiger partial charge in [-0.15, -0.1) is 0 Å². The van der Waals surface area contributed by atoms with Gasteiger partial charge in [0.15, 0.2) is 0 Å². The lowest BCUT2D eigenvalue weighted by molar-refractivity contribution is 0.285. The zero-order valence-corrected chi connectivity index (χ0v) is 15.1. The molecule has 0 saturated carbocycles. The molecule has 3 nitrogen and oxygen atoms in total. The van der Waals surface area contributed by atoms with E-state index in [0.717, 1.165) is 19.0 Å². The minimum Gasteiger partial charge on any atom is -0.371 e. The molecular formula is C17H28BrN3. The Morgan fingerprint density at radius 1 is 1.29 bits per heavy atom. The third-order valence-electron chi connectivity index (χ3n) is 4.19. The van der Waals surface area contributed by atoms with Gasteiger partial charge in [0.05, 0.1) is 0 Å². The average Bonchev–Trinajstić information content (AvgIpc) is 2.46. The normalized spacial score (nSPS) is 16.7. The Kier molecular flexibility index (Phi) is 6.52. The van der Waals surface area contributed by atoms with Crippen LogP contribution in [0.4, 0.5) is 5.69 Å². The van der Waals surface area contributed by atoms with E-state index in [1.54, 1.807) is 0 Å². The fraction of sp³-hybridized carbons (Fsp3) is 0.647. The van der Waals surface area contributed by atoms with Crippen molar-refractivity contribution in [2.45, 2.75) is 26.3 Å². The summed E-state index contributed by atoms with van der Waals surface area (Å²) in [7, 11) is 4.35. The molecule has 1 fully saturated rings. The van der Waals surface area contributed by atoms with Crippen LogP contribution >= 0.6 is 15.9 Å². The summed E-state index contributed by atoms with van der Waals surface area (Å²) in [5.41, 5.74) is 2.81. The van der Waals surface area contributed by atoms with Crippen molar-refractivity contribution in [1.29, 1.82) is 0 Å². The topological polar surface area (TPSA) is 18.5 Å².